The summed E-state index contributed by atoms with van der Waals surface area (Å²) < 4.78 is 42.3. The smallest absolute Gasteiger partial charge is 0.406 e. The van der Waals surface area contributed by atoms with Crippen LogP contribution in [0.3, 0.4) is 0 Å². The van der Waals surface area contributed by atoms with Crippen molar-refractivity contribution in [3.63, 3.8) is 0 Å². The standard InChI is InChI=1S/C30H40F3N3O2.2ClH/c1-21(22-14-16-34-17-15-22)28(37)36-19-18-35(20-26(36)29(2,3)4)27(23-8-6-5-7-9-23)24-10-12-25(13-11-24)38-30(31,32)33;;/h5-13,21-22,26-27,34H,14-20H2,1-4H3;2*1H/t21?,26-,27?;;/m1../s1. The van der Waals surface area contributed by atoms with Gasteiger partial charge in [-0.1, -0.05) is 70.2 Å². The fourth-order valence-electron chi connectivity index (χ4n) is 5.95. The lowest BCUT2D eigenvalue weighted by Gasteiger charge is -2.50. The molecular formula is C30H42Cl2F3N3O2. The number of benzene rings is 2. The van der Waals surface area contributed by atoms with Crippen LogP contribution in [0.4, 0.5) is 13.2 Å². The van der Waals surface area contributed by atoms with Crippen LogP contribution in [-0.2, 0) is 4.79 Å². The van der Waals surface area contributed by atoms with E-state index in [-0.39, 0.29) is 59.9 Å². The van der Waals surface area contributed by atoms with Crippen LogP contribution in [0.5, 0.6) is 5.75 Å². The summed E-state index contributed by atoms with van der Waals surface area (Å²) in [5.74, 6) is 0.390. The third-order valence-electron chi connectivity index (χ3n) is 8.08. The number of carbonyl (C=O) groups is 1. The van der Waals surface area contributed by atoms with Crippen molar-refractivity contribution in [3.8, 4) is 5.75 Å². The summed E-state index contributed by atoms with van der Waals surface area (Å²) in [4.78, 5) is 18.3. The monoisotopic (exact) mass is 603 g/mol. The van der Waals surface area contributed by atoms with Crippen molar-refractivity contribution < 1.29 is 22.7 Å². The molecule has 2 heterocycles. The summed E-state index contributed by atoms with van der Waals surface area (Å²) in [6.07, 6.45) is -2.68. The molecule has 0 aliphatic carbocycles. The number of amides is 1. The number of alkyl halides is 3. The van der Waals surface area contributed by atoms with Crippen molar-refractivity contribution in [3.05, 3.63) is 65.7 Å². The van der Waals surface area contributed by atoms with E-state index in [4.69, 9.17) is 0 Å². The first kappa shape index (κ1) is 34.2. The number of nitrogens with zero attached hydrogens (tertiary/aromatic N) is 2. The summed E-state index contributed by atoms with van der Waals surface area (Å²) in [5.41, 5.74) is 1.81. The molecule has 5 nitrogen and oxygen atoms in total. The van der Waals surface area contributed by atoms with E-state index < -0.39 is 6.36 Å². The molecule has 3 atom stereocenters. The Bertz CT molecular complexity index is 1060. The molecule has 10 heteroatoms. The second-order valence-electron chi connectivity index (χ2n) is 11.7. The molecule has 4 rings (SSSR count). The number of halogens is 5. The number of hydrogen-bond donors (Lipinski definition) is 1. The molecule has 2 aliphatic heterocycles. The second-order valence-corrected chi connectivity index (χ2v) is 11.7. The van der Waals surface area contributed by atoms with E-state index in [0.29, 0.717) is 25.6 Å². The van der Waals surface area contributed by atoms with Crippen molar-refractivity contribution in [1.82, 2.24) is 15.1 Å². The maximum absolute atomic E-state index is 13.8. The van der Waals surface area contributed by atoms with Gasteiger partial charge in [0.25, 0.3) is 0 Å². The molecule has 2 saturated heterocycles. The molecule has 2 aromatic carbocycles. The minimum atomic E-state index is -4.73. The lowest BCUT2D eigenvalue weighted by Crippen LogP contribution is -2.61. The Morgan fingerprint density at radius 1 is 0.925 bits per heavy atom. The lowest BCUT2D eigenvalue weighted by atomic mass is 9.80. The van der Waals surface area contributed by atoms with Gasteiger partial charge in [-0.3, -0.25) is 9.69 Å². The van der Waals surface area contributed by atoms with E-state index in [1.54, 1.807) is 12.1 Å². The molecule has 0 bridgehead atoms. The molecule has 2 unspecified atom stereocenters. The zero-order chi connectivity index (χ0) is 27.5. The van der Waals surface area contributed by atoms with E-state index in [2.05, 4.69) is 47.5 Å². The number of piperidine rings is 1. The van der Waals surface area contributed by atoms with Gasteiger partial charge in [0.15, 0.2) is 0 Å². The van der Waals surface area contributed by atoms with E-state index in [0.717, 1.165) is 37.1 Å². The van der Waals surface area contributed by atoms with Crippen LogP contribution in [0.25, 0.3) is 0 Å². The minimum Gasteiger partial charge on any atom is -0.406 e. The predicted octanol–water partition coefficient (Wildman–Crippen LogP) is 6.71. The number of carbonyl (C=O) groups excluding carboxylic acids is 1. The first-order valence-electron chi connectivity index (χ1n) is 13.6. The highest BCUT2D eigenvalue weighted by Crippen LogP contribution is 2.37. The maximum Gasteiger partial charge on any atom is 0.573 e. The Morgan fingerprint density at radius 2 is 1.50 bits per heavy atom. The van der Waals surface area contributed by atoms with E-state index >= 15 is 0 Å². The first-order valence-corrected chi connectivity index (χ1v) is 13.6. The minimum absolute atomic E-state index is 0. The van der Waals surface area contributed by atoms with Crippen molar-refractivity contribution in [1.29, 1.82) is 0 Å². The van der Waals surface area contributed by atoms with Gasteiger partial charge in [0.05, 0.1) is 6.04 Å². The second kappa shape index (κ2) is 14.3. The van der Waals surface area contributed by atoms with Crippen LogP contribution in [-0.4, -0.2) is 60.8 Å². The van der Waals surface area contributed by atoms with Crippen molar-refractivity contribution >= 4 is 30.7 Å². The van der Waals surface area contributed by atoms with Gasteiger partial charge >= 0.3 is 6.36 Å². The van der Waals surface area contributed by atoms with Gasteiger partial charge in [0, 0.05) is 31.6 Å². The van der Waals surface area contributed by atoms with Gasteiger partial charge in [0.2, 0.25) is 5.91 Å². The zero-order valence-electron chi connectivity index (χ0n) is 23.6. The van der Waals surface area contributed by atoms with E-state index in [1.165, 1.54) is 12.1 Å². The van der Waals surface area contributed by atoms with Gasteiger partial charge in [-0.05, 0) is 60.5 Å². The number of rotatable bonds is 6. The number of ether oxygens (including phenoxy) is 1. The van der Waals surface area contributed by atoms with E-state index in [9.17, 15) is 18.0 Å². The Kier molecular flexibility index (Phi) is 12.2. The summed E-state index contributed by atoms with van der Waals surface area (Å²) in [7, 11) is 0. The van der Waals surface area contributed by atoms with Gasteiger partial charge in [-0.15, -0.1) is 38.0 Å². The van der Waals surface area contributed by atoms with Crippen molar-refractivity contribution in [2.45, 2.75) is 59.0 Å². The number of piperazine rings is 1. The highest BCUT2D eigenvalue weighted by Gasteiger charge is 2.42. The zero-order valence-corrected chi connectivity index (χ0v) is 25.2. The predicted molar refractivity (Wildman–Crippen MR) is 157 cm³/mol. The lowest BCUT2D eigenvalue weighted by molar-refractivity contribution is -0.274. The molecule has 224 valence electrons. The summed E-state index contributed by atoms with van der Waals surface area (Å²) in [6, 6.07) is 16.0. The fourth-order valence-corrected chi connectivity index (χ4v) is 5.95. The maximum atomic E-state index is 13.8. The average Bonchev–Trinajstić information content (AvgIpc) is 2.89. The molecule has 40 heavy (non-hydrogen) atoms. The SMILES string of the molecule is CC(C(=O)N1CCN(C(c2ccccc2)c2ccc(OC(F)(F)F)cc2)C[C@@H]1C(C)(C)C)C1CCNCC1.Cl.Cl. The summed E-state index contributed by atoms with van der Waals surface area (Å²) >= 11 is 0. The van der Waals surface area contributed by atoms with Gasteiger partial charge in [0.1, 0.15) is 5.75 Å². The molecule has 0 spiro atoms. The Balaban J connectivity index is 0.00000280. The highest BCUT2D eigenvalue weighted by atomic mass is 35.5. The Labute approximate surface area is 248 Å². The third-order valence-corrected chi connectivity index (χ3v) is 8.08. The third kappa shape index (κ3) is 8.51. The van der Waals surface area contributed by atoms with Crippen molar-refractivity contribution in [2.24, 2.45) is 17.3 Å². The Morgan fingerprint density at radius 3 is 2.05 bits per heavy atom. The van der Waals surface area contributed by atoms with Crippen LogP contribution in [0.1, 0.15) is 57.7 Å². The number of hydrogen-bond acceptors (Lipinski definition) is 4. The molecular weight excluding hydrogens is 562 g/mol. The van der Waals surface area contributed by atoms with Gasteiger partial charge in [-0.25, -0.2) is 0 Å². The molecule has 0 saturated carbocycles. The van der Waals surface area contributed by atoms with Crippen LogP contribution in [0.15, 0.2) is 54.6 Å². The normalized spacial score (nSPS) is 20.6. The van der Waals surface area contributed by atoms with Crippen LogP contribution in [0, 0.1) is 17.3 Å². The quantitative estimate of drug-likeness (QED) is 0.398. The number of nitrogens with one attached hydrogen (secondary N) is 1. The molecule has 2 aliphatic rings. The molecule has 1 amide bonds. The molecule has 0 aromatic heterocycles. The van der Waals surface area contributed by atoms with E-state index in [1.807, 2.05) is 30.3 Å². The molecule has 2 aromatic rings. The van der Waals surface area contributed by atoms with Crippen LogP contribution < -0.4 is 10.1 Å². The van der Waals surface area contributed by atoms with Crippen LogP contribution >= 0.6 is 24.8 Å². The topological polar surface area (TPSA) is 44.8 Å². The van der Waals surface area contributed by atoms with Crippen molar-refractivity contribution in [2.75, 3.05) is 32.7 Å². The summed E-state index contributed by atoms with van der Waals surface area (Å²) in [6.45, 7) is 12.5. The fraction of sp³-hybridized carbons (Fsp3) is 0.567. The summed E-state index contributed by atoms with van der Waals surface area (Å²) in [5, 5.41) is 3.39. The first-order chi connectivity index (χ1) is 17.9. The van der Waals surface area contributed by atoms with Gasteiger partial charge < -0.3 is 15.0 Å². The average molecular weight is 605 g/mol. The van der Waals surface area contributed by atoms with Gasteiger partial charge in [-0.2, -0.15) is 0 Å². The van der Waals surface area contributed by atoms with Crippen LogP contribution in [0.2, 0.25) is 0 Å². The molecule has 2 fully saturated rings. The molecule has 1 N–H and O–H groups in total. The Hall–Kier alpha value is -2.00. The highest BCUT2D eigenvalue weighted by molar-refractivity contribution is 5.85. The largest absolute Gasteiger partial charge is 0.573 e. The molecule has 0 radical (unpaired) electrons.